The lowest BCUT2D eigenvalue weighted by Gasteiger charge is -2.49. The highest BCUT2D eigenvalue weighted by Gasteiger charge is 2.45. The summed E-state index contributed by atoms with van der Waals surface area (Å²) in [6.07, 6.45) is 7.12. The van der Waals surface area contributed by atoms with E-state index in [2.05, 4.69) is 17.1 Å². The van der Waals surface area contributed by atoms with Gasteiger partial charge in [0.2, 0.25) is 0 Å². The molecule has 4 atom stereocenters. The smallest absolute Gasteiger partial charge is 0.0700 e. The predicted molar refractivity (Wildman–Crippen MR) is 73.5 cm³/mol. The third-order valence-corrected chi connectivity index (χ3v) is 5.76. The van der Waals surface area contributed by atoms with Gasteiger partial charge >= 0.3 is 0 Å². The number of nitrogens with zero attached hydrogens (tertiary/aromatic N) is 1. The van der Waals surface area contributed by atoms with Gasteiger partial charge in [0.05, 0.1) is 5.60 Å². The number of likely N-dealkylation sites (tertiary alicyclic amines) is 1. The van der Waals surface area contributed by atoms with Crippen molar-refractivity contribution in [3.05, 3.63) is 0 Å². The third kappa shape index (κ3) is 2.21. The number of nitrogens with one attached hydrogen (secondary N) is 1. The quantitative estimate of drug-likeness (QED) is 0.784. The predicted octanol–water partition coefficient (Wildman–Crippen LogP) is 1.61. The summed E-state index contributed by atoms with van der Waals surface area (Å²) in [5, 5.41) is 14.3. The standard InChI is InChI=1S/C15H28N2O/c1-2-12-9-16-10-14(12)17-8-7-15(18)6-4-3-5-13(15)11-17/h12-14,16,18H,2-11H2,1H3. The average molecular weight is 252 g/mol. The van der Waals surface area contributed by atoms with Crippen molar-refractivity contribution in [1.82, 2.24) is 10.2 Å². The van der Waals surface area contributed by atoms with E-state index in [1.165, 1.54) is 32.2 Å². The van der Waals surface area contributed by atoms with Gasteiger partial charge in [0.25, 0.3) is 0 Å². The lowest BCUT2D eigenvalue weighted by atomic mass is 9.71. The Kier molecular flexibility index (Phi) is 3.65. The second-order valence-corrected chi connectivity index (χ2v) is 6.69. The number of hydrogen-bond acceptors (Lipinski definition) is 3. The van der Waals surface area contributed by atoms with E-state index in [4.69, 9.17) is 0 Å². The van der Waals surface area contributed by atoms with Crippen LogP contribution in [0.4, 0.5) is 0 Å². The zero-order valence-electron chi connectivity index (χ0n) is 11.7. The molecule has 0 aromatic heterocycles. The summed E-state index contributed by atoms with van der Waals surface area (Å²) in [6.45, 7) is 6.90. The molecule has 3 nitrogen and oxygen atoms in total. The molecule has 0 bridgehead atoms. The van der Waals surface area contributed by atoms with Gasteiger partial charge < -0.3 is 10.4 Å². The summed E-state index contributed by atoms with van der Waals surface area (Å²) in [5.41, 5.74) is -0.317. The summed E-state index contributed by atoms with van der Waals surface area (Å²) < 4.78 is 0. The molecule has 0 aromatic carbocycles. The lowest BCUT2D eigenvalue weighted by molar-refractivity contribution is -0.104. The Bertz CT molecular complexity index is 296. The zero-order valence-corrected chi connectivity index (χ0v) is 11.7. The second kappa shape index (κ2) is 5.10. The number of aliphatic hydroxyl groups is 1. The van der Waals surface area contributed by atoms with Gasteiger partial charge in [-0.05, 0) is 31.7 Å². The molecule has 1 saturated carbocycles. The molecule has 2 heterocycles. The fourth-order valence-electron chi connectivity index (χ4n) is 4.46. The second-order valence-electron chi connectivity index (χ2n) is 6.69. The van der Waals surface area contributed by atoms with Gasteiger partial charge in [-0.25, -0.2) is 0 Å². The minimum atomic E-state index is -0.317. The fraction of sp³-hybridized carbons (Fsp3) is 1.00. The van der Waals surface area contributed by atoms with Crippen LogP contribution in [0.15, 0.2) is 0 Å². The maximum absolute atomic E-state index is 10.7. The fourth-order valence-corrected chi connectivity index (χ4v) is 4.46. The first kappa shape index (κ1) is 12.9. The Hall–Kier alpha value is -0.120. The van der Waals surface area contributed by atoms with Crippen molar-refractivity contribution in [2.75, 3.05) is 26.2 Å². The average Bonchev–Trinajstić information content (AvgIpc) is 2.86. The van der Waals surface area contributed by atoms with Crippen LogP contribution < -0.4 is 5.32 Å². The Morgan fingerprint density at radius 3 is 3.00 bits per heavy atom. The molecule has 2 saturated heterocycles. The van der Waals surface area contributed by atoms with Crippen LogP contribution in [0.1, 0.15) is 45.4 Å². The first-order valence-corrected chi connectivity index (χ1v) is 7.90. The summed E-state index contributed by atoms with van der Waals surface area (Å²) in [4.78, 5) is 2.68. The van der Waals surface area contributed by atoms with Gasteiger partial charge in [0.1, 0.15) is 0 Å². The maximum atomic E-state index is 10.7. The van der Waals surface area contributed by atoms with Crippen LogP contribution >= 0.6 is 0 Å². The van der Waals surface area contributed by atoms with Crippen molar-refractivity contribution in [3.63, 3.8) is 0 Å². The minimum absolute atomic E-state index is 0.317. The van der Waals surface area contributed by atoms with Crippen LogP contribution in [0.2, 0.25) is 0 Å². The van der Waals surface area contributed by atoms with Crippen molar-refractivity contribution < 1.29 is 5.11 Å². The molecular formula is C15H28N2O. The number of fused-ring (bicyclic) bond motifs is 1. The van der Waals surface area contributed by atoms with E-state index < -0.39 is 0 Å². The Labute approximate surface area is 111 Å². The van der Waals surface area contributed by atoms with E-state index >= 15 is 0 Å². The highest BCUT2D eigenvalue weighted by molar-refractivity contribution is 4.99. The van der Waals surface area contributed by atoms with E-state index in [-0.39, 0.29) is 5.60 Å². The molecular weight excluding hydrogens is 224 g/mol. The normalized spacial score (nSPS) is 46.0. The Balaban J connectivity index is 1.66. The van der Waals surface area contributed by atoms with Crippen molar-refractivity contribution >= 4 is 0 Å². The minimum Gasteiger partial charge on any atom is -0.390 e. The van der Waals surface area contributed by atoms with Gasteiger partial charge in [-0.3, -0.25) is 4.90 Å². The van der Waals surface area contributed by atoms with Crippen molar-refractivity contribution in [3.8, 4) is 0 Å². The van der Waals surface area contributed by atoms with E-state index in [1.54, 1.807) is 0 Å². The van der Waals surface area contributed by atoms with Crippen LogP contribution in [0, 0.1) is 11.8 Å². The summed E-state index contributed by atoms with van der Waals surface area (Å²) in [7, 11) is 0. The monoisotopic (exact) mass is 252 g/mol. The van der Waals surface area contributed by atoms with Crippen LogP contribution in [0.3, 0.4) is 0 Å². The van der Waals surface area contributed by atoms with E-state index in [0.717, 1.165) is 44.4 Å². The maximum Gasteiger partial charge on any atom is 0.0700 e. The number of piperidine rings is 1. The van der Waals surface area contributed by atoms with E-state index in [0.29, 0.717) is 5.92 Å². The number of rotatable bonds is 2. The molecule has 3 heteroatoms. The summed E-state index contributed by atoms with van der Waals surface area (Å²) >= 11 is 0. The zero-order chi connectivity index (χ0) is 12.6. The van der Waals surface area contributed by atoms with Gasteiger partial charge in [0.15, 0.2) is 0 Å². The molecule has 3 aliphatic rings. The molecule has 104 valence electrons. The van der Waals surface area contributed by atoms with Crippen LogP contribution in [0.5, 0.6) is 0 Å². The molecule has 18 heavy (non-hydrogen) atoms. The van der Waals surface area contributed by atoms with Crippen LogP contribution in [0.25, 0.3) is 0 Å². The molecule has 3 fully saturated rings. The molecule has 0 amide bonds. The molecule has 0 aromatic rings. The highest BCUT2D eigenvalue weighted by atomic mass is 16.3. The topological polar surface area (TPSA) is 35.5 Å². The molecule has 0 radical (unpaired) electrons. The molecule has 4 unspecified atom stereocenters. The van der Waals surface area contributed by atoms with Crippen molar-refractivity contribution in [1.29, 1.82) is 0 Å². The third-order valence-electron chi connectivity index (χ3n) is 5.76. The Morgan fingerprint density at radius 1 is 1.28 bits per heavy atom. The molecule has 0 spiro atoms. The summed E-state index contributed by atoms with van der Waals surface area (Å²) in [6, 6.07) is 0.724. The molecule has 2 aliphatic heterocycles. The van der Waals surface area contributed by atoms with Crippen LogP contribution in [-0.4, -0.2) is 47.8 Å². The van der Waals surface area contributed by atoms with Crippen LogP contribution in [-0.2, 0) is 0 Å². The highest BCUT2D eigenvalue weighted by Crippen LogP contribution is 2.41. The SMILES string of the molecule is CCC1CNCC1N1CCC2(O)CCCCC2C1. The largest absolute Gasteiger partial charge is 0.390 e. The first-order valence-electron chi connectivity index (χ1n) is 7.90. The van der Waals surface area contributed by atoms with E-state index in [1.807, 2.05) is 0 Å². The van der Waals surface area contributed by atoms with Crippen molar-refractivity contribution in [2.45, 2.75) is 57.1 Å². The van der Waals surface area contributed by atoms with E-state index in [9.17, 15) is 5.11 Å². The first-order chi connectivity index (χ1) is 8.73. The molecule has 1 aliphatic carbocycles. The Morgan fingerprint density at radius 2 is 2.17 bits per heavy atom. The summed E-state index contributed by atoms with van der Waals surface area (Å²) in [5.74, 6) is 1.36. The molecule has 3 rings (SSSR count). The lowest BCUT2D eigenvalue weighted by Crippen LogP contribution is -2.57. The molecule has 2 N–H and O–H groups in total. The van der Waals surface area contributed by atoms with Gasteiger partial charge in [0, 0.05) is 31.6 Å². The van der Waals surface area contributed by atoms with Gasteiger partial charge in [-0.2, -0.15) is 0 Å². The van der Waals surface area contributed by atoms with Crippen molar-refractivity contribution in [2.24, 2.45) is 11.8 Å². The number of hydrogen-bond donors (Lipinski definition) is 2. The van der Waals surface area contributed by atoms with Gasteiger partial charge in [-0.1, -0.05) is 26.2 Å². The van der Waals surface area contributed by atoms with Gasteiger partial charge in [-0.15, -0.1) is 0 Å².